The van der Waals surface area contributed by atoms with Gasteiger partial charge in [-0.3, -0.25) is 9.13 Å². The summed E-state index contributed by atoms with van der Waals surface area (Å²) < 4.78 is 45.7. The van der Waals surface area contributed by atoms with Crippen LogP contribution in [0.15, 0.2) is 36.7 Å². The molecule has 6 rings (SSSR count). The molecule has 8 nitrogen and oxygen atoms in total. The van der Waals surface area contributed by atoms with Gasteiger partial charge < -0.3 is 5.32 Å². The molecule has 1 aromatic carbocycles. The van der Waals surface area contributed by atoms with Gasteiger partial charge in [0.05, 0.1) is 11.7 Å². The average molecular weight is 480 g/mol. The molecule has 0 saturated heterocycles. The second kappa shape index (κ2) is 7.89. The Balaban J connectivity index is 1.56. The standard InChI is InChI=1S/C24H23F3N8/c1-3-17-22-33-32-13(2)35(22)19-18(15-8-9-24(26,27)12-15)30-23(31-20(19)29-17)34-11-10-28-21(34)14-4-6-16(25)7-5-14/h4-7,10-11,15,17H,3,8-9,12H2,1-2H3,(H,29,30,31)/t15?,17-/m1/s1. The van der Waals surface area contributed by atoms with Crippen LogP contribution in [0.1, 0.15) is 61.9 Å². The summed E-state index contributed by atoms with van der Waals surface area (Å²) in [6, 6.07) is 5.84. The summed E-state index contributed by atoms with van der Waals surface area (Å²) in [6.45, 7) is 3.86. The van der Waals surface area contributed by atoms with Gasteiger partial charge in [0.1, 0.15) is 23.2 Å². The van der Waals surface area contributed by atoms with Gasteiger partial charge in [0, 0.05) is 36.7 Å². The molecule has 180 valence electrons. The van der Waals surface area contributed by atoms with E-state index >= 15 is 0 Å². The average Bonchev–Trinajstić information content (AvgIpc) is 3.57. The summed E-state index contributed by atoms with van der Waals surface area (Å²) in [5.74, 6) is -0.798. The fraction of sp³-hybridized carbons (Fsp3) is 0.375. The number of rotatable bonds is 4. The number of alkyl halides is 2. The van der Waals surface area contributed by atoms with Crippen molar-refractivity contribution in [2.75, 3.05) is 5.32 Å². The van der Waals surface area contributed by atoms with Crippen molar-refractivity contribution in [3.63, 3.8) is 0 Å². The monoisotopic (exact) mass is 480 g/mol. The topological polar surface area (TPSA) is 86.3 Å². The van der Waals surface area contributed by atoms with Gasteiger partial charge in [-0.05, 0) is 44.0 Å². The molecule has 2 aliphatic rings. The van der Waals surface area contributed by atoms with Crippen molar-refractivity contribution in [3.8, 4) is 23.0 Å². The molecule has 0 amide bonds. The number of nitrogens with one attached hydrogen (secondary N) is 1. The minimum atomic E-state index is -2.74. The predicted octanol–water partition coefficient (Wildman–Crippen LogP) is 5.14. The maximum atomic E-state index is 14.3. The second-order valence-electron chi connectivity index (χ2n) is 9.08. The minimum absolute atomic E-state index is 0.135. The van der Waals surface area contributed by atoms with Gasteiger partial charge in [-0.2, -0.15) is 4.98 Å². The van der Waals surface area contributed by atoms with E-state index in [0.29, 0.717) is 46.8 Å². The fourth-order valence-corrected chi connectivity index (χ4v) is 5.03. The lowest BCUT2D eigenvalue weighted by Crippen LogP contribution is -2.26. The first-order valence-corrected chi connectivity index (χ1v) is 11.6. The quantitative estimate of drug-likeness (QED) is 0.436. The SMILES string of the molecule is CC[C@H]1Nc2nc(-n3ccnc3-c3ccc(F)cc3)nc(C3CCC(F)(F)C3)c2-n2c(C)nnc21. The van der Waals surface area contributed by atoms with Crippen LogP contribution in [0.5, 0.6) is 0 Å². The maximum absolute atomic E-state index is 14.3. The molecule has 4 heterocycles. The molecule has 1 aliphatic carbocycles. The molecule has 3 aromatic heterocycles. The number of hydrogen-bond acceptors (Lipinski definition) is 6. The van der Waals surface area contributed by atoms with Gasteiger partial charge in [-0.1, -0.05) is 6.92 Å². The molecule has 0 spiro atoms. The Hall–Kier alpha value is -3.76. The summed E-state index contributed by atoms with van der Waals surface area (Å²) in [7, 11) is 0. The molecule has 1 aliphatic heterocycles. The molecule has 1 fully saturated rings. The Morgan fingerprint density at radius 1 is 1.14 bits per heavy atom. The van der Waals surface area contributed by atoms with Crippen molar-refractivity contribution in [3.05, 3.63) is 59.8 Å². The Labute approximate surface area is 199 Å². The van der Waals surface area contributed by atoms with E-state index in [-0.39, 0.29) is 24.7 Å². The zero-order valence-corrected chi connectivity index (χ0v) is 19.2. The van der Waals surface area contributed by atoms with Gasteiger partial charge in [0.25, 0.3) is 0 Å². The maximum Gasteiger partial charge on any atom is 0.248 e. The number of halogens is 3. The van der Waals surface area contributed by atoms with Crippen molar-refractivity contribution < 1.29 is 13.2 Å². The van der Waals surface area contributed by atoms with E-state index in [9.17, 15) is 13.2 Å². The van der Waals surface area contributed by atoms with Gasteiger partial charge in [0.15, 0.2) is 11.6 Å². The van der Waals surface area contributed by atoms with Crippen LogP contribution in [0, 0.1) is 12.7 Å². The lowest BCUT2D eigenvalue weighted by Gasteiger charge is -2.29. The molecule has 1 N–H and O–H groups in total. The van der Waals surface area contributed by atoms with Crippen molar-refractivity contribution in [1.29, 1.82) is 0 Å². The van der Waals surface area contributed by atoms with E-state index in [2.05, 4.69) is 20.5 Å². The third-order valence-corrected chi connectivity index (χ3v) is 6.75. The predicted molar refractivity (Wildman–Crippen MR) is 122 cm³/mol. The molecule has 0 bridgehead atoms. The first-order chi connectivity index (χ1) is 16.8. The van der Waals surface area contributed by atoms with Gasteiger partial charge in [-0.25, -0.2) is 23.1 Å². The van der Waals surface area contributed by atoms with Crippen LogP contribution >= 0.6 is 0 Å². The summed E-state index contributed by atoms with van der Waals surface area (Å²) in [6.07, 6.45) is 3.91. The number of imidazole rings is 1. The molecule has 1 unspecified atom stereocenters. The number of nitrogens with zero attached hydrogens (tertiary/aromatic N) is 7. The fourth-order valence-electron chi connectivity index (χ4n) is 5.03. The van der Waals surface area contributed by atoms with Gasteiger partial charge >= 0.3 is 0 Å². The Morgan fingerprint density at radius 3 is 2.66 bits per heavy atom. The van der Waals surface area contributed by atoms with Crippen LogP contribution in [0.2, 0.25) is 0 Å². The molecule has 1 saturated carbocycles. The van der Waals surface area contributed by atoms with Crippen LogP contribution in [-0.4, -0.2) is 40.2 Å². The van der Waals surface area contributed by atoms with Crippen LogP contribution in [0.25, 0.3) is 23.0 Å². The Morgan fingerprint density at radius 2 is 1.94 bits per heavy atom. The zero-order chi connectivity index (χ0) is 24.3. The number of aryl methyl sites for hydroxylation is 1. The van der Waals surface area contributed by atoms with E-state index in [4.69, 9.17) is 9.97 Å². The zero-order valence-electron chi connectivity index (χ0n) is 19.2. The molecule has 2 atom stereocenters. The smallest absolute Gasteiger partial charge is 0.248 e. The highest BCUT2D eigenvalue weighted by Gasteiger charge is 2.43. The van der Waals surface area contributed by atoms with E-state index in [1.165, 1.54) is 12.1 Å². The highest BCUT2D eigenvalue weighted by atomic mass is 19.3. The summed E-state index contributed by atoms with van der Waals surface area (Å²) in [4.78, 5) is 14.1. The van der Waals surface area contributed by atoms with E-state index < -0.39 is 11.8 Å². The minimum Gasteiger partial charge on any atom is -0.358 e. The van der Waals surface area contributed by atoms with Crippen LogP contribution in [0.4, 0.5) is 19.0 Å². The largest absolute Gasteiger partial charge is 0.358 e. The number of fused-ring (bicyclic) bond motifs is 3. The number of hydrogen-bond donors (Lipinski definition) is 1. The second-order valence-corrected chi connectivity index (χ2v) is 9.08. The first kappa shape index (κ1) is 21.8. The van der Waals surface area contributed by atoms with Crippen molar-refractivity contribution >= 4 is 5.82 Å². The van der Waals surface area contributed by atoms with E-state index in [1.807, 2.05) is 18.4 Å². The van der Waals surface area contributed by atoms with E-state index in [0.717, 1.165) is 12.2 Å². The lowest BCUT2D eigenvalue weighted by atomic mass is 10.00. The summed E-state index contributed by atoms with van der Waals surface area (Å²) in [5.41, 5.74) is 1.84. The van der Waals surface area contributed by atoms with Crippen molar-refractivity contribution in [2.24, 2.45) is 0 Å². The molecule has 11 heteroatoms. The summed E-state index contributed by atoms with van der Waals surface area (Å²) in [5, 5.41) is 12.0. The lowest BCUT2D eigenvalue weighted by molar-refractivity contribution is 0.00765. The van der Waals surface area contributed by atoms with Crippen LogP contribution in [0.3, 0.4) is 0 Å². The van der Waals surface area contributed by atoms with Gasteiger partial charge in [-0.15, -0.1) is 10.2 Å². The third kappa shape index (κ3) is 3.57. The number of anilines is 1. The highest BCUT2D eigenvalue weighted by Crippen LogP contribution is 2.47. The van der Waals surface area contributed by atoms with Crippen LogP contribution < -0.4 is 5.32 Å². The molecular weight excluding hydrogens is 457 g/mol. The third-order valence-electron chi connectivity index (χ3n) is 6.75. The molecule has 35 heavy (non-hydrogen) atoms. The normalized spacial score (nSPS) is 20.4. The Bertz CT molecular complexity index is 1410. The number of benzene rings is 1. The molecular formula is C24H23F3N8. The van der Waals surface area contributed by atoms with Crippen molar-refractivity contribution in [2.45, 2.75) is 57.4 Å². The molecule has 4 aromatic rings. The van der Waals surface area contributed by atoms with Gasteiger partial charge in [0.2, 0.25) is 11.9 Å². The highest BCUT2D eigenvalue weighted by molar-refractivity contribution is 5.66. The summed E-state index contributed by atoms with van der Waals surface area (Å²) >= 11 is 0. The first-order valence-electron chi connectivity index (χ1n) is 11.6. The van der Waals surface area contributed by atoms with Crippen LogP contribution in [-0.2, 0) is 0 Å². The van der Waals surface area contributed by atoms with E-state index in [1.54, 1.807) is 29.1 Å². The molecule has 0 radical (unpaired) electrons. The number of aromatic nitrogens is 7. The van der Waals surface area contributed by atoms with Crippen molar-refractivity contribution in [1.82, 2.24) is 34.3 Å². The Kier molecular flexibility index (Phi) is 4.90.